The van der Waals surface area contributed by atoms with Crippen molar-refractivity contribution in [3.8, 4) is 5.69 Å². The summed E-state index contributed by atoms with van der Waals surface area (Å²) in [5.74, 6) is 0.687. The van der Waals surface area contributed by atoms with Crippen molar-refractivity contribution in [1.29, 1.82) is 0 Å². The number of carboxylic acid groups (broad SMARTS) is 1. The van der Waals surface area contributed by atoms with Gasteiger partial charge in [0.2, 0.25) is 0 Å². The zero-order valence-electron chi connectivity index (χ0n) is 21.5. The number of imidazole rings is 1. The quantitative estimate of drug-likeness (QED) is 0.352. The van der Waals surface area contributed by atoms with E-state index >= 15 is 0 Å². The molecule has 1 aromatic carbocycles. The highest BCUT2D eigenvalue weighted by Gasteiger charge is 2.58. The summed E-state index contributed by atoms with van der Waals surface area (Å²) in [6.07, 6.45) is 12.8. The smallest absolute Gasteiger partial charge is 0.328 e. The molecule has 0 amide bonds. The Labute approximate surface area is 230 Å². The number of fused-ring (bicyclic) bond motifs is 1. The fourth-order valence-corrected chi connectivity index (χ4v) is 7.68. The van der Waals surface area contributed by atoms with Gasteiger partial charge in [0.15, 0.2) is 17.5 Å². The van der Waals surface area contributed by atoms with Crippen molar-refractivity contribution in [2.24, 2.45) is 10.4 Å². The molecule has 1 N–H and O–H groups in total. The minimum atomic E-state index is -0.962. The van der Waals surface area contributed by atoms with Gasteiger partial charge in [0.05, 0.1) is 5.41 Å². The second-order valence-corrected chi connectivity index (χ2v) is 12.0. The summed E-state index contributed by atoms with van der Waals surface area (Å²) < 4.78 is 2.17. The van der Waals surface area contributed by atoms with Gasteiger partial charge in [0, 0.05) is 29.9 Å². The van der Waals surface area contributed by atoms with Gasteiger partial charge in [-0.15, -0.1) is 0 Å². The lowest BCUT2D eigenvalue weighted by atomic mass is 9.58. The third kappa shape index (κ3) is 4.40. The van der Waals surface area contributed by atoms with Gasteiger partial charge in [-0.05, 0) is 55.5 Å². The zero-order chi connectivity index (χ0) is 26.3. The molecule has 0 saturated heterocycles. The topological polar surface area (TPSA) is 97.4 Å². The first-order valence-electron chi connectivity index (χ1n) is 13.9. The second kappa shape index (κ2) is 10.4. The van der Waals surface area contributed by atoms with Crippen molar-refractivity contribution >= 4 is 44.6 Å². The van der Waals surface area contributed by atoms with Gasteiger partial charge in [0.1, 0.15) is 16.2 Å². The number of carboxylic acids is 1. The third-order valence-electron chi connectivity index (χ3n) is 8.76. The molecule has 6 rings (SSSR count). The predicted molar refractivity (Wildman–Crippen MR) is 150 cm³/mol. The lowest BCUT2D eigenvalue weighted by molar-refractivity contribution is -0.138. The molecule has 8 heteroatoms. The van der Waals surface area contributed by atoms with Crippen LogP contribution in [0.15, 0.2) is 47.6 Å². The molecule has 38 heavy (non-hydrogen) atoms. The molecule has 0 bridgehead atoms. The number of carbonyl (C=O) groups excluding carboxylic acids is 1. The van der Waals surface area contributed by atoms with Crippen LogP contribution in [-0.4, -0.2) is 48.0 Å². The number of benzene rings is 1. The van der Waals surface area contributed by atoms with E-state index in [2.05, 4.69) is 25.5 Å². The number of Topliss-reactive ketones (excluding diaryl/α,β-unsaturated/α-hetero) is 1. The summed E-state index contributed by atoms with van der Waals surface area (Å²) in [7, 11) is 0. The number of ketones is 1. The molecular weight excluding hydrogens is 544 g/mol. The maximum absolute atomic E-state index is 12.8. The van der Waals surface area contributed by atoms with Crippen LogP contribution in [0.1, 0.15) is 81.5 Å². The highest BCUT2D eigenvalue weighted by molar-refractivity contribution is 9.10. The van der Waals surface area contributed by atoms with Crippen LogP contribution in [0.4, 0.5) is 0 Å². The molecule has 1 spiro atoms. The summed E-state index contributed by atoms with van der Waals surface area (Å²) >= 11 is 3.47. The molecule has 3 saturated carbocycles. The number of alkyl halides is 1. The Morgan fingerprint density at radius 3 is 2.50 bits per heavy atom. The van der Waals surface area contributed by atoms with Gasteiger partial charge in [-0.3, -0.25) is 14.4 Å². The highest BCUT2D eigenvalue weighted by Crippen LogP contribution is 2.49. The Balaban J connectivity index is 1.28. The summed E-state index contributed by atoms with van der Waals surface area (Å²) in [5, 5.41) is 10.0. The van der Waals surface area contributed by atoms with E-state index in [1.807, 2.05) is 36.4 Å². The average molecular weight is 578 g/mol. The fourth-order valence-electron chi connectivity index (χ4n) is 6.68. The van der Waals surface area contributed by atoms with E-state index in [0.717, 1.165) is 78.9 Å². The lowest BCUT2D eigenvalue weighted by Crippen LogP contribution is -2.61. The molecule has 2 atom stereocenters. The monoisotopic (exact) mass is 576 g/mol. The molecular formula is C30H33BrN4O3. The highest BCUT2D eigenvalue weighted by atomic mass is 79.9. The van der Waals surface area contributed by atoms with E-state index in [4.69, 9.17) is 9.98 Å². The molecule has 7 nitrogen and oxygen atoms in total. The van der Waals surface area contributed by atoms with E-state index in [1.165, 1.54) is 19.3 Å². The number of rotatable bonds is 6. The largest absolute Gasteiger partial charge is 0.480 e. The molecule has 3 aliphatic carbocycles. The summed E-state index contributed by atoms with van der Waals surface area (Å²) in [4.78, 5) is 38.9. The van der Waals surface area contributed by atoms with Gasteiger partial charge in [-0.2, -0.15) is 0 Å². The van der Waals surface area contributed by atoms with Crippen LogP contribution >= 0.6 is 15.9 Å². The number of carbonyl (C=O) groups is 2. The maximum atomic E-state index is 12.8. The minimum absolute atomic E-state index is 0.166. The van der Waals surface area contributed by atoms with Crippen molar-refractivity contribution in [2.45, 2.75) is 87.4 Å². The number of hydrogen-bond donors (Lipinski definition) is 1. The lowest BCUT2D eigenvalue weighted by Gasteiger charge is -2.47. The number of nitrogens with zero attached hydrogens (tertiary/aromatic N) is 4. The van der Waals surface area contributed by atoms with Gasteiger partial charge >= 0.3 is 5.97 Å². The summed E-state index contributed by atoms with van der Waals surface area (Å²) in [6.45, 7) is 0. The van der Waals surface area contributed by atoms with Gasteiger partial charge in [-0.1, -0.05) is 66.6 Å². The van der Waals surface area contributed by atoms with Crippen LogP contribution in [0.2, 0.25) is 0 Å². The summed E-state index contributed by atoms with van der Waals surface area (Å²) in [5.41, 5.74) is 3.83. The van der Waals surface area contributed by atoms with E-state index in [1.54, 1.807) is 6.20 Å². The Kier molecular flexibility index (Phi) is 6.93. The van der Waals surface area contributed by atoms with E-state index < -0.39 is 22.3 Å². The molecule has 198 valence electrons. The standard InChI is InChI=1S/C30H33BrN4O3/c31-24-25(30(26(24)36)15-5-2-6-16-30)33-23(29(37)38)18-19-11-13-21(14-12-19)35-27(20-8-3-1-4-9-20)34-22-10-7-17-32-28(22)35/h7,10-14,17,20,23-24H,1-6,8-9,15-16,18H2,(H,37,38)/t23-,24?/m0/s1. The van der Waals surface area contributed by atoms with Crippen LogP contribution in [0.3, 0.4) is 0 Å². The van der Waals surface area contributed by atoms with Crippen molar-refractivity contribution in [2.75, 3.05) is 0 Å². The molecule has 0 aliphatic heterocycles. The van der Waals surface area contributed by atoms with Crippen LogP contribution < -0.4 is 0 Å². The molecule has 3 aliphatic rings. The Bertz CT molecular complexity index is 1380. The van der Waals surface area contributed by atoms with E-state index in [0.29, 0.717) is 5.92 Å². The van der Waals surface area contributed by atoms with Gasteiger partial charge in [-0.25, -0.2) is 14.8 Å². The van der Waals surface area contributed by atoms with E-state index in [-0.39, 0.29) is 12.2 Å². The Morgan fingerprint density at radius 2 is 1.79 bits per heavy atom. The molecule has 1 unspecified atom stereocenters. The molecule has 3 aromatic rings. The Morgan fingerprint density at radius 1 is 1.08 bits per heavy atom. The zero-order valence-corrected chi connectivity index (χ0v) is 23.1. The average Bonchev–Trinajstić information content (AvgIpc) is 3.35. The summed E-state index contributed by atoms with van der Waals surface area (Å²) in [6, 6.07) is 11.1. The van der Waals surface area contributed by atoms with Gasteiger partial charge < -0.3 is 5.11 Å². The number of aliphatic carboxylic acids is 1. The molecule has 2 heterocycles. The molecule has 2 aromatic heterocycles. The third-order valence-corrected chi connectivity index (χ3v) is 9.60. The molecule has 0 radical (unpaired) electrons. The number of hydrogen-bond acceptors (Lipinski definition) is 5. The van der Waals surface area contributed by atoms with Crippen molar-refractivity contribution in [3.63, 3.8) is 0 Å². The number of aliphatic imine (C=N–C) groups is 1. The molecule has 3 fully saturated rings. The number of halogens is 1. The Hall–Kier alpha value is -2.87. The fraction of sp³-hybridized carbons (Fsp3) is 0.500. The first kappa shape index (κ1) is 25.4. The first-order chi connectivity index (χ1) is 18.5. The van der Waals surface area contributed by atoms with Crippen LogP contribution in [-0.2, 0) is 16.0 Å². The van der Waals surface area contributed by atoms with Crippen molar-refractivity contribution < 1.29 is 14.7 Å². The normalized spacial score (nSPS) is 23.6. The van der Waals surface area contributed by atoms with Crippen LogP contribution in [0.5, 0.6) is 0 Å². The SMILES string of the molecule is O=C(O)[C@H](Cc1ccc(-n2c(C3CCCCC3)nc3cccnc32)cc1)N=C1C(Br)C(=O)C12CCCCC2. The number of pyridine rings is 1. The van der Waals surface area contributed by atoms with E-state index in [9.17, 15) is 14.7 Å². The predicted octanol–water partition coefficient (Wildman–Crippen LogP) is 6.20. The minimum Gasteiger partial charge on any atom is -0.480 e. The maximum Gasteiger partial charge on any atom is 0.328 e. The van der Waals surface area contributed by atoms with Gasteiger partial charge in [0.25, 0.3) is 0 Å². The first-order valence-corrected chi connectivity index (χ1v) is 14.8. The van der Waals surface area contributed by atoms with Crippen molar-refractivity contribution in [3.05, 3.63) is 54.0 Å². The van der Waals surface area contributed by atoms with Crippen LogP contribution in [0, 0.1) is 5.41 Å². The van der Waals surface area contributed by atoms with Crippen molar-refractivity contribution in [1.82, 2.24) is 14.5 Å². The van der Waals surface area contributed by atoms with Crippen LogP contribution in [0.25, 0.3) is 16.9 Å². The second-order valence-electron chi connectivity index (χ2n) is 11.1. The number of aromatic nitrogens is 3.